The van der Waals surface area contributed by atoms with Crippen LogP contribution >= 0.6 is 0 Å². The lowest BCUT2D eigenvalue weighted by molar-refractivity contribution is 0.00708. The van der Waals surface area contributed by atoms with Gasteiger partial charge < -0.3 is 20.9 Å². The molecule has 0 unspecified atom stereocenters. The van der Waals surface area contributed by atoms with Crippen molar-refractivity contribution in [3.8, 4) is 5.75 Å². The molecule has 5 nitrogen and oxygen atoms in total. The molecule has 0 saturated heterocycles. The van der Waals surface area contributed by atoms with Crippen LogP contribution in [0.5, 0.6) is 5.75 Å². The highest BCUT2D eigenvalue weighted by Gasteiger charge is 2.21. The van der Waals surface area contributed by atoms with E-state index < -0.39 is 11.6 Å². The predicted octanol–water partition coefficient (Wildman–Crippen LogP) is 1.81. The van der Waals surface area contributed by atoms with Crippen molar-refractivity contribution in [1.82, 2.24) is 0 Å². The molecule has 0 bridgehead atoms. The molecule has 4 N–H and O–H groups in total. The van der Waals surface area contributed by atoms with Crippen LogP contribution in [0.1, 0.15) is 31.1 Å². The second-order valence-electron chi connectivity index (χ2n) is 4.64. The Morgan fingerprint density at radius 3 is 2.24 bits per heavy atom. The van der Waals surface area contributed by atoms with Gasteiger partial charge in [-0.05, 0) is 32.9 Å². The van der Waals surface area contributed by atoms with Crippen molar-refractivity contribution in [3.63, 3.8) is 0 Å². The highest BCUT2D eigenvalue weighted by atomic mass is 16.6. The van der Waals surface area contributed by atoms with E-state index in [0.29, 0.717) is 5.75 Å². The first-order valence-electron chi connectivity index (χ1n) is 5.21. The van der Waals surface area contributed by atoms with Crippen LogP contribution in [0.2, 0.25) is 0 Å². The van der Waals surface area contributed by atoms with E-state index in [9.17, 15) is 4.79 Å². The summed E-state index contributed by atoms with van der Waals surface area (Å²) in [5.41, 5.74) is 11.6. The Balaban J connectivity index is 3.08. The fraction of sp³-hybridized carbons (Fsp3) is 0.417. The molecule has 5 heteroatoms. The Morgan fingerprint density at radius 1 is 1.18 bits per heavy atom. The van der Waals surface area contributed by atoms with Crippen molar-refractivity contribution >= 4 is 17.3 Å². The summed E-state index contributed by atoms with van der Waals surface area (Å²) in [6.45, 7) is 5.36. The van der Waals surface area contributed by atoms with Crippen LogP contribution in [0.3, 0.4) is 0 Å². The lowest BCUT2D eigenvalue weighted by Crippen LogP contribution is -2.24. The number of nitrogen functional groups attached to an aromatic ring is 2. The molecule has 1 aromatic rings. The van der Waals surface area contributed by atoms with Crippen LogP contribution in [-0.2, 0) is 4.74 Å². The maximum absolute atomic E-state index is 11.8. The average Bonchev–Trinajstić information content (AvgIpc) is 2.19. The van der Waals surface area contributed by atoms with Crippen LogP contribution in [0, 0.1) is 0 Å². The molecule has 0 amide bonds. The highest BCUT2D eigenvalue weighted by Crippen LogP contribution is 2.31. The number of carbonyl (C=O) groups is 1. The predicted molar refractivity (Wildman–Crippen MR) is 67.0 cm³/mol. The number of hydrogen-bond donors (Lipinski definition) is 2. The fourth-order valence-corrected chi connectivity index (χ4v) is 1.31. The summed E-state index contributed by atoms with van der Waals surface area (Å²) < 4.78 is 10.2. The zero-order valence-corrected chi connectivity index (χ0v) is 10.5. The van der Waals surface area contributed by atoms with Crippen LogP contribution < -0.4 is 16.2 Å². The van der Waals surface area contributed by atoms with Crippen LogP contribution in [0.4, 0.5) is 11.4 Å². The molecule has 0 aliphatic heterocycles. The summed E-state index contributed by atoms with van der Waals surface area (Å²) >= 11 is 0. The van der Waals surface area contributed by atoms with Crippen LogP contribution in [0.15, 0.2) is 12.1 Å². The number of methoxy groups -OCH3 is 1. The molecule has 0 aliphatic rings. The normalized spacial score (nSPS) is 11.1. The number of hydrogen-bond acceptors (Lipinski definition) is 5. The van der Waals surface area contributed by atoms with E-state index in [1.165, 1.54) is 7.11 Å². The number of anilines is 2. The van der Waals surface area contributed by atoms with E-state index >= 15 is 0 Å². The molecule has 0 fully saturated rings. The molecule has 0 aliphatic carbocycles. The molecule has 1 aromatic carbocycles. The summed E-state index contributed by atoms with van der Waals surface area (Å²) in [6, 6.07) is 3.13. The van der Waals surface area contributed by atoms with Gasteiger partial charge in [0.15, 0.2) is 0 Å². The van der Waals surface area contributed by atoms with Crippen LogP contribution in [0.25, 0.3) is 0 Å². The second kappa shape index (κ2) is 4.53. The van der Waals surface area contributed by atoms with Crippen molar-refractivity contribution in [3.05, 3.63) is 17.7 Å². The van der Waals surface area contributed by atoms with Gasteiger partial charge in [-0.15, -0.1) is 0 Å². The Kier molecular flexibility index (Phi) is 3.50. The van der Waals surface area contributed by atoms with Crippen molar-refractivity contribution < 1.29 is 14.3 Å². The van der Waals surface area contributed by atoms with Crippen molar-refractivity contribution in [1.29, 1.82) is 0 Å². The minimum Gasteiger partial charge on any atom is -0.495 e. The number of rotatable bonds is 2. The van der Waals surface area contributed by atoms with E-state index in [2.05, 4.69) is 0 Å². The van der Waals surface area contributed by atoms with Gasteiger partial charge in [0.1, 0.15) is 11.4 Å². The molecule has 94 valence electrons. The topological polar surface area (TPSA) is 87.6 Å². The van der Waals surface area contributed by atoms with Gasteiger partial charge in [0.2, 0.25) is 0 Å². The quantitative estimate of drug-likeness (QED) is 0.606. The molecule has 0 radical (unpaired) electrons. The van der Waals surface area contributed by atoms with Gasteiger partial charge in [-0.1, -0.05) is 0 Å². The first kappa shape index (κ1) is 13.2. The zero-order chi connectivity index (χ0) is 13.2. The third-order valence-electron chi connectivity index (χ3n) is 2.09. The summed E-state index contributed by atoms with van der Waals surface area (Å²) in [5.74, 6) is -0.0563. The third-order valence-corrected chi connectivity index (χ3v) is 2.09. The van der Waals surface area contributed by atoms with Gasteiger partial charge in [0, 0.05) is 0 Å². The molecular weight excluding hydrogens is 220 g/mol. The first-order valence-corrected chi connectivity index (χ1v) is 5.21. The van der Waals surface area contributed by atoms with E-state index in [-0.39, 0.29) is 16.9 Å². The number of nitrogens with two attached hydrogens (primary N) is 2. The first-order chi connectivity index (χ1) is 7.76. The number of benzene rings is 1. The molecule has 0 saturated carbocycles. The van der Waals surface area contributed by atoms with Gasteiger partial charge in [-0.25, -0.2) is 4.79 Å². The number of ether oxygens (including phenoxy) is 2. The number of carbonyl (C=O) groups excluding carboxylic acids is 1. The van der Waals surface area contributed by atoms with E-state index in [1.54, 1.807) is 32.9 Å². The summed E-state index contributed by atoms with van der Waals surface area (Å²) in [5, 5.41) is 0. The second-order valence-corrected chi connectivity index (χ2v) is 4.64. The molecular formula is C12H18N2O3. The van der Waals surface area contributed by atoms with Gasteiger partial charge in [-0.2, -0.15) is 0 Å². The molecule has 0 heterocycles. The Labute approximate surface area is 101 Å². The Bertz CT molecular complexity index is 436. The average molecular weight is 238 g/mol. The van der Waals surface area contributed by atoms with Crippen molar-refractivity contribution in [2.24, 2.45) is 0 Å². The fourth-order valence-electron chi connectivity index (χ4n) is 1.31. The number of esters is 1. The molecule has 0 spiro atoms. The van der Waals surface area contributed by atoms with Gasteiger partial charge >= 0.3 is 5.97 Å². The smallest absolute Gasteiger partial charge is 0.340 e. The SMILES string of the molecule is COc1ccc(C(=O)OC(C)(C)C)c(N)c1N. The molecule has 0 atom stereocenters. The molecule has 1 rings (SSSR count). The summed E-state index contributed by atoms with van der Waals surface area (Å²) in [7, 11) is 1.48. The highest BCUT2D eigenvalue weighted by molar-refractivity contribution is 5.99. The summed E-state index contributed by atoms with van der Waals surface area (Å²) in [4.78, 5) is 11.8. The minimum absolute atomic E-state index is 0.179. The summed E-state index contributed by atoms with van der Waals surface area (Å²) in [6.07, 6.45) is 0. The van der Waals surface area contributed by atoms with E-state index in [4.69, 9.17) is 20.9 Å². The van der Waals surface area contributed by atoms with Crippen molar-refractivity contribution in [2.45, 2.75) is 26.4 Å². The standard InChI is InChI=1S/C12H18N2O3/c1-12(2,3)17-11(15)7-5-6-8(16-4)10(14)9(7)13/h5-6H,13-14H2,1-4H3. The van der Waals surface area contributed by atoms with Crippen molar-refractivity contribution in [2.75, 3.05) is 18.6 Å². The lowest BCUT2D eigenvalue weighted by Gasteiger charge is -2.20. The zero-order valence-electron chi connectivity index (χ0n) is 10.5. The van der Waals surface area contributed by atoms with Gasteiger partial charge in [0.25, 0.3) is 0 Å². The van der Waals surface area contributed by atoms with Gasteiger partial charge in [-0.3, -0.25) is 0 Å². The van der Waals surface area contributed by atoms with Gasteiger partial charge in [0.05, 0.1) is 24.0 Å². The molecule has 0 aromatic heterocycles. The van der Waals surface area contributed by atoms with Crippen LogP contribution in [-0.4, -0.2) is 18.7 Å². The Morgan fingerprint density at radius 2 is 1.76 bits per heavy atom. The minimum atomic E-state index is -0.571. The maximum atomic E-state index is 11.8. The maximum Gasteiger partial charge on any atom is 0.340 e. The third kappa shape index (κ3) is 3.03. The van der Waals surface area contributed by atoms with E-state index in [0.717, 1.165) is 0 Å². The molecule has 17 heavy (non-hydrogen) atoms. The Hall–Kier alpha value is -1.91. The lowest BCUT2D eigenvalue weighted by atomic mass is 10.1. The van der Waals surface area contributed by atoms with E-state index in [1.807, 2.05) is 0 Å². The monoisotopic (exact) mass is 238 g/mol. The largest absolute Gasteiger partial charge is 0.495 e.